The van der Waals surface area contributed by atoms with Crippen molar-refractivity contribution in [1.82, 2.24) is 0 Å². The van der Waals surface area contributed by atoms with Gasteiger partial charge in [-0.3, -0.25) is 0 Å². The summed E-state index contributed by atoms with van der Waals surface area (Å²) in [6.45, 7) is 15.2. The summed E-state index contributed by atoms with van der Waals surface area (Å²) in [5.41, 5.74) is 1.15. The van der Waals surface area contributed by atoms with E-state index in [-0.39, 0.29) is 35.4 Å². The molecule has 0 N–H and O–H groups in total. The van der Waals surface area contributed by atoms with E-state index in [0.29, 0.717) is 6.42 Å². The molecule has 0 aromatic heterocycles. The average Bonchev–Trinajstić information content (AvgIpc) is 2.71. The normalized spacial score (nSPS) is 26.4. The van der Waals surface area contributed by atoms with Crippen LogP contribution in [0.5, 0.6) is 0 Å². The third-order valence-corrected chi connectivity index (χ3v) is 11.5. The predicted octanol–water partition coefficient (Wildman–Crippen LogP) is 6.65. The Bertz CT molecular complexity index is 869. The van der Waals surface area contributed by atoms with E-state index in [1.165, 1.54) is 6.08 Å². The van der Waals surface area contributed by atoms with Gasteiger partial charge in [-0.25, -0.2) is 4.79 Å². The van der Waals surface area contributed by atoms with Gasteiger partial charge in [0.25, 0.3) is 0 Å². The monoisotopic (exact) mass is 486 g/mol. The highest BCUT2D eigenvalue weighted by Gasteiger charge is 2.42. The lowest BCUT2D eigenvalue weighted by Crippen LogP contribution is -2.48. The van der Waals surface area contributed by atoms with Gasteiger partial charge in [0, 0.05) is 25.3 Å². The smallest absolute Gasteiger partial charge is 0.330 e. The fourth-order valence-corrected chi connectivity index (χ4v) is 5.66. The molecular weight excluding hydrogens is 444 g/mol. The molecule has 6 heteroatoms. The van der Waals surface area contributed by atoms with Crippen molar-refractivity contribution in [2.45, 2.75) is 109 Å². The minimum Gasteiger partial charge on any atom is -0.459 e. The molecule has 1 saturated heterocycles. The second kappa shape index (κ2) is 10.9. The van der Waals surface area contributed by atoms with Crippen LogP contribution in [0.4, 0.5) is 0 Å². The maximum absolute atomic E-state index is 11.8. The Morgan fingerprint density at radius 3 is 2.44 bits per heavy atom. The first kappa shape index (κ1) is 26.9. The molecule has 4 atom stereocenters. The molecule has 0 spiro atoms. The molecular formula is C28H42O5Si. The van der Waals surface area contributed by atoms with Crippen molar-refractivity contribution < 1.29 is 23.4 Å². The molecule has 2 aliphatic heterocycles. The highest BCUT2D eigenvalue weighted by molar-refractivity contribution is 6.74. The first-order valence-corrected chi connectivity index (χ1v) is 15.4. The van der Waals surface area contributed by atoms with Crippen molar-refractivity contribution in [2.75, 3.05) is 0 Å². The zero-order valence-corrected chi connectivity index (χ0v) is 22.9. The van der Waals surface area contributed by atoms with E-state index in [2.05, 4.69) is 58.2 Å². The van der Waals surface area contributed by atoms with Crippen molar-refractivity contribution >= 4 is 20.4 Å². The van der Waals surface area contributed by atoms with Gasteiger partial charge in [0.15, 0.2) is 14.1 Å². The largest absolute Gasteiger partial charge is 0.459 e. The van der Waals surface area contributed by atoms with Crippen LogP contribution in [0.25, 0.3) is 6.08 Å². The number of cyclic esters (lactones) is 1. The first-order chi connectivity index (χ1) is 15.8. The highest BCUT2D eigenvalue weighted by atomic mass is 28.4. The number of ether oxygens (including phenoxy) is 3. The fraction of sp³-hybridized carbons (Fsp3) is 0.607. The number of rotatable bonds is 8. The number of esters is 1. The molecule has 0 amide bonds. The minimum atomic E-state index is -2.03. The van der Waals surface area contributed by atoms with Crippen LogP contribution in [-0.4, -0.2) is 44.5 Å². The second-order valence-corrected chi connectivity index (χ2v) is 16.2. The molecule has 2 aliphatic rings. The van der Waals surface area contributed by atoms with Crippen molar-refractivity contribution in [1.29, 1.82) is 0 Å². The minimum absolute atomic E-state index is 0.0150. The van der Waals surface area contributed by atoms with Gasteiger partial charge < -0.3 is 18.6 Å². The van der Waals surface area contributed by atoms with Gasteiger partial charge >= 0.3 is 5.97 Å². The van der Waals surface area contributed by atoms with Gasteiger partial charge in [0.2, 0.25) is 0 Å². The number of carbonyl (C=O) groups excluding carboxylic acids is 1. The summed E-state index contributed by atoms with van der Waals surface area (Å²) in [6, 6.07) is 10.3. The maximum atomic E-state index is 11.8. The Labute approximate surface area is 206 Å². The second-order valence-electron chi connectivity index (χ2n) is 11.5. The molecule has 34 heavy (non-hydrogen) atoms. The van der Waals surface area contributed by atoms with Crippen LogP contribution in [-0.2, 0) is 23.4 Å². The van der Waals surface area contributed by atoms with E-state index >= 15 is 0 Å². The molecule has 0 radical (unpaired) electrons. The van der Waals surface area contributed by atoms with Crippen LogP contribution < -0.4 is 0 Å². The van der Waals surface area contributed by atoms with E-state index < -0.39 is 14.1 Å². The van der Waals surface area contributed by atoms with Crippen LogP contribution in [0.2, 0.25) is 18.1 Å². The summed E-state index contributed by atoms with van der Waals surface area (Å²) in [5, 5.41) is 0.0884. The molecule has 3 rings (SSSR count). The van der Waals surface area contributed by atoms with Gasteiger partial charge in [0.05, 0.1) is 18.3 Å². The molecule has 1 fully saturated rings. The SMILES string of the molecule is CC1(C)O[C@H](C[C@H](C[C@H]2CC=CC(=O)O2)O[Si](C)(C)C(C)(C)C)C[C@H](/C=C/c2ccccc2)O1. The molecule has 188 valence electrons. The third-order valence-electron chi connectivity index (χ3n) is 6.94. The van der Waals surface area contributed by atoms with Crippen LogP contribution in [0.1, 0.15) is 65.9 Å². The Morgan fingerprint density at radius 2 is 1.79 bits per heavy atom. The summed E-state index contributed by atoms with van der Waals surface area (Å²) >= 11 is 0. The Kier molecular flexibility index (Phi) is 8.61. The number of carbonyl (C=O) groups is 1. The average molecular weight is 487 g/mol. The lowest BCUT2D eigenvalue weighted by Gasteiger charge is -2.44. The summed E-state index contributed by atoms with van der Waals surface area (Å²) < 4.78 is 25.0. The first-order valence-electron chi connectivity index (χ1n) is 12.5. The summed E-state index contributed by atoms with van der Waals surface area (Å²) in [4.78, 5) is 11.8. The molecule has 2 heterocycles. The third kappa shape index (κ3) is 7.91. The maximum Gasteiger partial charge on any atom is 0.330 e. The lowest BCUT2D eigenvalue weighted by atomic mass is 9.97. The predicted molar refractivity (Wildman–Crippen MR) is 139 cm³/mol. The van der Waals surface area contributed by atoms with E-state index in [1.807, 2.05) is 38.1 Å². The van der Waals surface area contributed by atoms with Gasteiger partial charge in [-0.2, -0.15) is 0 Å². The van der Waals surface area contributed by atoms with E-state index in [0.717, 1.165) is 24.8 Å². The Balaban J connectivity index is 1.73. The van der Waals surface area contributed by atoms with E-state index in [4.69, 9.17) is 18.6 Å². The summed E-state index contributed by atoms with van der Waals surface area (Å²) in [6.07, 6.45) is 10.3. The number of hydrogen-bond acceptors (Lipinski definition) is 5. The molecule has 0 aliphatic carbocycles. The van der Waals surface area contributed by atoms with Crippen LogP contribution in [0.15, 0.2) is 48.6 Å². The molecule has 0 unspecified atom stereocenters. The highest BCUT2D eigenvalue weighted by Crippen LogP contribution is 2.39. The van der Waals surface area contributed by atoms with Gasteiger partial charge in [-0.05, 0) is 44.0 Å². The molecule has 1 aromatic carbocycles. The van der Waals surface area contributed by atoms with Crippen LogP contribution in [0.3, 0.4) is 0 Å². The van der Waals surface area contributed by atoms with Gasteiger partial charge in [-0.1, -0.05) is 69.3 Å². The molecule has 0 saturated carbocycles. The van der Waals surface area contributed by atoms with Crippen molar-refractivity contribution in [3.05, 3.63) is 54.1 Å². The molecule has 0 bridgehead atoms. The quantitative estimate of drug-likeness (QED) is 0.304. The summed E-state index contributed by atoms with van der Waals surface area (Å²) in [5.74, 6) is -0.951. The Morgan fingerprint density at radius 1 is 1.12 bits per heavy atom. The molecule has 5 nitrogen and oxygen atoms in total. The fourth-order valence-electron chi connectivity index (χ4n) is 4.28. The van der Waals surface area contributed by atoms with Gasteiger partial charge in [-0.15, -0.1) is 0 Å². The van der Waals surface area contributed by atoms with Crippen molar-refractivity contribution in [3.63, 3.8) is 0 Å². The Hall–Kier alpha value is -1.73. The molecule has 1 aromatic rings. The van der Waals surface area contributed by atoms with Crippen LogP contribution in [0, 0.1) is 0 Å². The topological polar surface area (TPSA) is 54.0 Å². The number of benzene rings is 1. The van der Waals surface area contributed by atoms with Gasteiger partial charge in [0.1, 0.15) is 6.10 Å². The van der Waals surface area contributed by atoms with E-state index in [9.17, 15) is 4.79 Å². The van der Waals surface area contributed by atoms with Crippen molar-refractivity contribution in [3.8, 4) is 0 Å². The zero-order chi connectivity index (χ0) is 25.0. The van der Waals surface area contributed by atoms with E-state index in [1.54, 1.807) is 0 Å². The van der Waals surface area contributed by atoms with Crippen LogP contribution >= 0.6 is 0 Å². The number of hydrogen-bond donors (Lipinski definition) is 0. The zero-order valence-electron chi connectivity index (χ0n) is 21.9. The standard InChI is InChI=1S/C28H42O5Si/c1-27(2,3)34(6,7)33-25(18-22-14-11-15-26(29)30-22)20-24-19-23(31-28(4,5)32-24)17-16-21-12-9-8-10-13-21/h8-13,15-17,22-25H,14,18-20H2,1-7H3/b17-16+/t22-,23+,24+,25+/m1/s1. The van der Waals surface area contributed by atoms with Crippen molar-refractivity contribution in [2.24, 2.45) is 0 Å². The summed E-state index contributed by atoms with van der Waals surface area (Å²) in [7, 11) is -2.03. The lowest BCUT2D eigenvalue weighted by molar-refractivity contribution is -0.293.